The van der Waals surface area contributed by atoms with E-state index in [4.69, 9.17) is 28.0 Å². The van der Waals surface area contributed by atoms with E-state index in [0.29, 0.717) is 0 Å². The monoisotopic (exact) mass is 606 g/mol. The maximum absolute atomic E-state index is 10.7. The molecule has 0 unspecified atom stereocenters. The van der Waals surface area contributed by atoms with Crippen LogP contribution in [0.4, 0.5) is 11.4 Å². The van der Waals surface area contributed by atoms with E-state index in [1.54, 1.807) is 19.2 Å². The van der Waals surface area contributed by atoms with E-state index in [-0.39, 0.29) is 5.69 Å². The molecule has 2 aromatic rings. The number of rotatable bonds is 6. The predicted molar refractivity (Wildman–Crippen MR) is 103 cm³/mol. The second-order valence-electron chi connectivity index (χ2n) is 4.38. The van der Waals surface area contributed by atoms with Crippen molar-refractivity contribution in [2.24, 2.45) is 0 Å². The van der Waals surface area contributed by atoms with Gasteiger partial charge in [0.15, 0.2) is 0 Å². The second-order valence-corrected chi connectivity index (χ2v) is 5.82. The van der Waals surface area contributed by atoms with E-state index in [1.165, 1.54) is 31.5 Å². The number of hydrogen-bond donors (Lipinski definition) is 1. The number of ether oxygens (including phenoxy) is 1. The van der Waals surface area contributed by atoms with Gasteiger partial charge in [-0.05, 0) is 0 Å². The molecule has 0 aliphatic carbocycles. The van der Waals surface area contributed by atoms with Gasteiger partial charge in [-0.3, -0.25) is 0 Å². The zero-order chi connectivity index (χ0) is 25.9. The molecule has 0 saturated carbocycles. The Kier molecular flexibility index (Phi) is 31.0. The van der Waals surface area contributed by atoms with E-state index >= 15 is 0 Å². The Morgan fingerprint density at radius 1 is 0.906 bits per heavy atom. The number of nitrogens with one attached hydrogen (secondary N) is 1. The first-order valence-electron chi connectivity index (χ1n) is 7.49. The fraction of sp³-hybridized carbons (Fsp3) is 0.0476. The van der Waals surface area contributed by atoms with Crippen molar-refractivity contribution in [2.75, 3.05) is 12.4 Å². The number of methoxy groups -OCH3 is 1. The zero-order valence-corrected chi connectivity index (χ0v) is 19.3. The van der Waals surface area contributed by atoms with E-state index in [9.17, 15) is 10.1 Å². The fourth-order valence-electron chi connectivity index (χ4n) is 1.81. The van der Waals surface area contributed by atoms with Crippen LogP contribution in [-0.2, 0) is 47.4 Å². The van der Waals surface area contributed by atoms with Crippen molar-refractivity contribution in [3.8, 4) is 0 Å². The van der Waals surface area contributed by atoms with Crippen LogP contribution in [0.2, 0.25) is 0 Å². The molecule has 0 bridgehead atoms. The molecule has 0 fully saturated rings. The Morgan fingerprint density at radius 2 is 1.34 bits per heavy atom. The van der Waals surface area contributed by atoms with Crippen molar-refractivity contribution in [3.63, 3.8) is 0 Å². The summed E-state index contributed by atoms with van der Waals surface area (Å²) >= 11 is 1.22. The molecule has 0 heterocycles. The van der Waals surface area contributed by atoms with Crippen LogP contribution < -0.4 is 5.32 Å². The van der Waals surface area contributed by atoms with Crippen molar-refractivity contribution in [1.29, 1.82) is 0 Å². The van der Waals surface area contributed by atoms with Gasteiger partial charge in [-0.25, -0.2) is 0 Å². The first-order chi connectivity index (χ1) is 15.6. The fourth-order valence-corrected chi connectivity index (χ4v) is 2.23. The number of anilines is 1. The summed E-state index contributed by atoms with van der Waals surface area (Å²) < 4.78 is 43.6. The Morgan fingerprint density at radius 3 is 1.72 bits per heavy atom. The summed E-state index contributed by atoms with van der Waals surface area (Å²) in [6, 6.07) is 16.2. The topological polar surface area (TPSA) is 164 Å². The van der Waals surface area contributed by atoms with Crippen molar-refractivity contribution in [2.45, 2.75) is 0 Å². The summed E-state index contributed by atoms with van der Waals surface area (Å²) in [5, 5.41) is 14.0. The van der Waals surface area contributed by atoms with Gasteiger partial charge in [0, 0.05) is 0 Å². The summed E-state index contributed by atoms with van der Waals surface area (Å²) in [6.07, 6.45) is 1.92. The van der Waals surface area contributed by atoms with Crippen LogP contribution in [0, 0.1) is 43.4 Å². The van der Waals surface area contributed by atoms with Crippen LogP contribution in [0.1, 0.15) is 5.56 Å². The molecule has 162 valence electrons. The minimum absolute atomic E-state index is 0.0693. The molecule has 2 aromatic carbocycles. The maximum atomic E-state index is 10.7. The second kappa shape index (κ2) is 27.6. The quantitative estimate of drug-likeness (QED) is 0.231. The summed E-state index contributed by atoms with van der Waals surface area (Å²) in [4.78, 5) is 10.3. The van der Waals surface area contributed by atoms with Gasteiger partial charge < -0.3 is 0 Å². The molecular formula is C21H14N2O8W. The molecule has 2 rings (SSSR count). The number of nitro benzene ring substituents is 1. The standard InChI is InChI=1S/C16H14N2O3.5CO.W/c1-21-12-11-16(13-5-3-2-4-6-13)17-14-7-9-15(10-8-14)18(19)20;5*1-2;/h2-11,17H,1H3;;;;;;/b16-11+;;;;;;. The molecule has 11 heteroatoms. The minimum atomic E-state index is -0.413. The third-order valence-electron chi connectivity index (χ3n) is 2.91. The van der Waals surface area contributed by atoms with Crippen molar-refractivity contribution in [1.82, 2.24) is 0 Å². The van der Waals surface area contributed by atoms with Crippen molar-refractivity contribution in [3.05, 3.63) is 110 Å². The van der Waals surface area contributed by atoms with E-state index in [2.05, 4.69) is 38.6 Å². The summed E-state index contributed by atoms with van der Waals surface area (Å²) in [5.41, 5.74) is 2.73. The third kappa shape index (κ3) is 16.4. The molecule has 0 aliphatic heterocycles. The molecule has 0 aromatic heterocycles. The molecule has 1 N–H and O–H groups in total. The van der Waals surface area contributed by atoms with Crippen LogP contribution in [0.3, 0.4) is 0 Å². The van der Waals surface area contributed by atoms with Gasteiger partial charge in [0.25, 0.3) is 0 Å². The van der Waals surface area contributed by atoms with Gasteiger partial charge in [0.05, 0.1) is 0 Å². The number of benzene rings is 2. The number of non-ortho nitro benzene ring substituents is 1. The average molecular weight is 606 g/mol. The normalized spacial score (nSPS) is 7.91. The molecule has 0 radical (unpaired) electrons. The Balaban J connectivity index is -0.000000345. The first kappa shape index (κ1) is 36.0. The van der Waals surface area contributed by atoms with Crippen LogP contribution in [0.25, 0.3) is 5.70 Å². The average Bonchev–Trinajstić information content (AvgIpc) is 2.90. The van der Waals surface area contributed by atoms with Gasteiger partial charge in [0.2, 0.25) is 0 Å². The third-order valence-corrected chi connectivity index (χ3v) is 3.93. The number of hydrogen-bond acceptors (Lipinski definition) is 4. The van der Waals surface area contributed by atoms with Crippen LogP contribution in [-0.4, -0.2) is 16.1 Å². The Bertz CT molecular complexity index is 880. The predicted octanol–water partition coefficient (Wildman–Crippen LogP) is 3.18. The van der Waals surface area contributed by atoms with Crippen LogP contribution in [0.15, 0.2) is 60.7 Å². The van der Waals surface area contributed by atoms with Crippen LogP contribution in [0.5, 0.6) is 0 Å². The first-order valence-corrected chi connectivity index (χ1v) is 8.95. The SMILES string of the molecule is CO[C](=[W])/C=C(/Nc1ccc([N+](=O)[O-])cc1)c1ccccc1.[C-]#[O+].[C-]#[O+].[C-]#[O+].[C-]#[O+].[C-]#[O+]. The van der Waals surface area contributed by atoms with Gasteiger partial charge in [0.1, 0.15) is 0 Å². The van der Waals surface area contributed by atoms with E-state index in [1.807, 2.05) is 36.4 Å². The number of nitro groups is 1. The molecule has 0 saturated heterocycles. The van der Waals surface area contributed by atoms with Crippen molar-refractivity contribution >= 4 is 21.2 Å². The summed E-state index contributed by atoms with van der Waals surface area (Å²) in [7, 11) is 1.63. The molecular weight excluding hydrogens is 592 g/mol. The molecule has 0 atom stereocenters. The Hall–Kier alpha value is -3.40. The van der Waals surface area contributed by atoms with Gasteiger partial charge in [-0.2, -0.15) is 0 Å². The van der Waals surface area contributed by atoms with Gasteiger partial charge >= 0.3 is 195 Å². The number of nitrogens with zero attached hydrogens (tertiary/aromatic N) is 1. The molecule has 0 aliphatic rings. The Labute approximate surface area is 195 Å². The van der Waals surface area contributed by atoms with Gasteiger partial charge in [-0.15, -0.1) is 0 Å². The van der Waals surface area contributed by atoms with E-state index in [0.717, 1.165) is 21.0 Å². The zero-order valence-electron chi connectivity index (χ0n) is 16.4. The molecule has 10 nitrogen and oxygen atoms in total. The van der Waals surface area contributed by atoms with Crippen LogP contribution >= 0.6 is 0 Å². The molecule has 0 amide bonds. The summed E-state index contributed by atoms with van der Waals surface area (Å²) in [5.74, 6) is 0. The van der Waals surface area contributed by atoms with Crippen molar-refractivity contribution < 1.29 is 52.3 Å². The molecule has 0 spiro atoms. The molecule has 32 heavy (non-hydrogen) atoms. The van der Waals surface area contributed by atoms with Gasteiger partial charge in [-0.1, -0.05) is 0 Å². The summed E-state index contributed by atoms with van der Waals surface area (Å²) in [6.45, 7) is 22.5. The van der Waals surface area contributed by atoms with E-state index < -0.39 is 4.92 Å².